The number of quaternary nitrogens is 1. The van der Waals surface area contributed by atoms with Crippen molar-refractivity contribution in [1.82, 2.24) is 0 Å². The molecule has 8 heteroatoms. The van der Waals surface area contributed by atoms with Crippen molar-refractivity contribution >= 4 is 35.1 Å². The van der Waals surface area contributed by atoms with Gasteiger partial charge in [0.1, 0.15) is 18.2 Å². The number of piperidine rings is 3. The maximum absolute atomic E-state index is 14.8. The molecule has 3 heterocycles. The van der Waals surface area contributed by atoms with Gasteiger partial charge >= 0.3 is 6.09 Å². The monoisotopic (exact) mass is 557 g/mol. The molecule has 4 nitrogen and oxygen atoms in total. The van der Waals surface area contributed by atoms with Crippen LogP contribution in [0.3, 0.4) is 0 Å². The van der Waals surface area contributed by atoms with Crippen LogP contribution in [0, 0.1) is 17.6 Å². The Hall–Kier alpha value is -2.61. The first-order valence-corrected chi connectivity index (χ1v) is 14.5. The second-order valence-corrected chi connectivity index (χ2v) is 11.8. The van der Waals surface area contributed by atoms with E-state index in [1.54, 1.807) is 42.1 Å². The van der Waals surface area contributed by atoms with Crippen LogP contribution in [0.5, 0.6) is 0 Å². The van der Waals surface area contributed by atoms with Gasteiger partial charge in [-0.2, -0.15) is 0 Å². The van der Waals surface area contributed by atoms with Crippen molar-refractivity contribution in [3.63, 3.8) is 0 Å². The van der Waals surface area contributed by atoms with Gasteiger partial charge in [0.15, 0.2) is 6.10 Å². The van der Waals surface area contributed by atoms with E-state index < -0.39 is 11.9 Å². The van der Waals surface area contributed by atoms with Crippen LogP contribution in [0.2, 0.25) is 5.02 Å². The normalized spacial score (nSPS) is 22.3. The number of hydrogen-bond acceptors (Lipinski definition) is 3. The predicted molar refractivity (Wildman–Crippen MR) is 148 cm³/mol. The van der Waals surface area contributed by atoms with E-state index in [9.17, 15) is 13.6 Å². The van der Waals surface area contributed by atoms with Crippen LogP contribution in [-0.4, -0.2) is 48.6 Å². The lowest BCUT2D eigenvalue weighted by Crippen LogP contribution is -2.65. The zero-order valence-electron chi connectivity index (χ0n) is 21.2. The Morgan fingerprint density at radius 1 is 1.00 bits per heavy atom. The SMILES string of the molecule is O=C(OC1C[N+]2(CCCSc3ccccc3Cl)CCC1CC2)N(Cc1ccc(F)cc1)c1ccccc1F. The fraction of sp³-hybridized carbons (Fsp3) is 0.367. The van der Waals surface area contributed by atoms with Gasteiger partial charge in [-0.15, -0.1) is 11.8 Å². The van der Waals surface area contributed by atoms with E-state index in [0.717, 1.165) is 65.6 Å². The van der Waals surface area contributed by atoms with Crippen LogP contribution in [0.1, 0.15) is 24.8 Å². The van der Waals surface area contributed by atoms with Gasteiger partial charge < -0.3 is 9.22 Å². The molecule has 38 heavy (non-hydrogen) atoms. The Morgan fingerprint density at radius 2 is 1.71 bits per heavy atom. The van der Waals surface area contributed by atoms with Crippen molar-refractivity contribution in [2.45, 2.75) is 36.8 Å². The Labute approximate surface area is 232 Å². The number of hydrogen-bond donors (Lipinski definition) is 0. The molecule has 0 spiro atoms. The smallest absolute Gasteiger partial charge is 0.415 e. The van der Waals surface area contributed by atoms with Gasteiger partial charge in [-0.25, -0.2) is 13.6 Å². The highest BCUT2D eigenvalue weighted by atomic mass is 35.5. The first kappa shape index (κ1) is 27.0. The minimum atomic E-state index is -0.564. The largest absolute Gasteiger partial charge is 0.440 e. The van der Waals surface area contributed by atoms with Crippen molar-refractivity contribution in [3.05, 3.63) is 95.0 Å². The Morgan fingerprint density at radius 3 is 2.45 bits per heavy atom. The Bertz CT molecular complexity index is 1250. The summed E-state index contributed by atoms with van der Waals surface area (Å²) in [4.78, 5) is 15.9. The quantitative estimate of drug-likeness (QED) is 0.154. The number of amides is 1. The topological polar surface area (TPSA) is 29.5 Å². The van der Waals surface area contributed by atoms with Gasteiger partial charge in [0, 0.05) is 35.8 Å². The number of halogens is 3. The van der Waals surface area contributed by atoms with Gasteiger partial charge in [0.25, 0.3) is 0 Å². The third-order valence-corrected chi connectivity index (χ3v) is 9.38. The van der Waals surface area contributed by atoms with Crippen LogP contribution < -0.4 is 4.90 Å². The first-order chi connectivity index (χ1) is 18.4. The molecule has 0 aliphatic carbocycles. The first-order valence-electron chi connectivity index (χ1n) is 13.1. The van der Waals surface area contributed by atoms with Crippen LogP contribution >= 0.6 is 23.4 Å². The molecule has 0 aromatic heterocycles. The highest BCUT2D eigenvalue weighted by Crippen LogP contribution is 2.37. The molecule has 0 N–H and O–H groups in total. The van der Waals surface area contributed by atoms with Crippen molar-refractivity contribution in [3.8, 4) is 0 Å². The number of carbonyl (C=O) groups excluding carboxylic acids is 1. The number of para-hydroxylation sites is 1. The van der Waals surface area contributed by atoms with Gasteiger partial charge in [-0.05, 0) is 42.0 Å². The maximum atomic E-state index is 14.8. The van der Waals surface area contributed by atoms with E-state index >= 15 is 0 Å². The number of nitrogens with zero attached hydrogens (tertiary/aromatic N) is 2. The van der Waals surface area contributed by atoms with Crippen LogP contribution in [0.15, 0.2) is 77.7 Å². The summed E-state index contributed by atoms with van der Waals surface area (Å²) in [6.45, 7) is 4.11. The van der Waals surface area contributed by atoms with Crippen molar-refractivity contribution in [2.24, 2.45) is 5.92 Å². The third-order valence-electron chi connectivity index (χ3n) is 7.78. The highest BCUT2D eigenvalue weighted by molar-refractivity contribution is 7.99. The lowest BCUT2D eigenvalue weighted by atomic mass is 9.83. The number of rotatable bonds is 9. The van der Waals surface area contributed by atoms with E-state index in [2.05, 4.69) is 6.07 Å². The molecule has 3 aliphatic heterocycles. The molecule has 3 saturated heterocycles. The standard InChI is InChI=1S/C30H32ClF2N2O2S/c31-25-6-1-4-9-29(25)38-19-5-16-35-17-14-23(15-18-35)28(21-35)37-30(36)34(27-8-3-2-7-26(27)33)20-22-10-12-24(32)13-11-22/h1-4,6-13,23,28H,5,14-21H2/q+1. The maximum Gasteiger partial charge on any atom is 0.415 e. The van der Waals surface area contributed by atoms with E-state index in [0.29, 0.717) is 11.5 Å². The summed E-state index contributed by atoms with van der Waals surface area (Å²) in [5, 5.41) is 0.787. The summed E-state index contributed by atoms with van der Waals surface area (Å²) in [7, 11) is 0. The summed E-state index contributed by atoms with van der Waals surface area (Å²) in [6.07, 6.45) is 2.32. The zero-order chi connectivity index (χ0) is 26.5. The van der Waals surface area contributed by atoms with Crippen LogP contribution in [-0.2, 0) is 11.3 Å². The molecule has 3 fully saturated rings. The fourth-order valence-electron chi connectivity index (χ4n) is 5.70. The van der Waals surface area contributed by atoms with Crippen molar-refractivity contribution < 1.29 is 22.8 Å². The van der Waals surface area contributed by atoms with E-state index in [4.69, 9.17) is 16.3 Å². The molecule has 1 unspecified atom stereocenters. The number of fused-ring (bicyclic) bond motifs is 3. The summed E-state index contributed by atoms with van der Waals surface area (Å²) in [5.41, 5.74) is 0.851. The van der Waals surface area contributed by atoms with E-state index in [1.807, 2.05) is 18.2 Å². The average Bonchev–Trinajstić information content (AvgIpc) is 2.93. The highest BCUT2D eigenvalue weighted by Gasteiger charge is 2.47. The average molecular weight is 558 g/mol. The summed E-state index contributed by atoms with van der Waals surface area (Å²) in [5.74, 6) is 0.446. The van der Waals surface area contributed by atoms with Crippen LogP contribution in [0.25, 0.3) is 0 Å². The third kappa shape index (κ3) is 6.33. The molecule has 1 amide bonds. The molecule has 200 valence electrons. The fourth-order valence-corrected chi connectivity index (χ4v) is 6.87. The summed E-state index contributed by atoms with van der Waals surface area (Å²) < 4.78 is 35.3. The summed E-state index contributed by atoms with van der Waals surface area (Å²) >= 11 is 8.08. The second kappa shape index (κ2) is 12.1. The van der Waals surface area contributed by atoms with Crippen molar-refractivity contribution in [2.75, 3.05) is 36.8 Å². The van der Waals surface area contributed by atoms with Crippen LogP contribution in [0.4, 0.5) is 19.3 Å². The van der Waals surface area contributed by atoms with E-state index in [1.165, 1.54) is 23.1 Å². The zero-order valence-corrected chi connectivity index (χ0v) is 22.8. The number of ether oxygens (including phenoxy) is 1. The van der Waals surface area contributed by atoms with Gasteiger partial charge in [0.2, 0.25) is 0 Å². The minimum Gasteiger partial charge on any atom is -0.440 e. The number of thioether (sulfide) groups is 1. The number of anilines is 1. The molecule has 0 saturated carbocycles. The van der Waals surface area contributed by atoms with Gasteiger partial charge in [-0.1, -0.05) is 48.0 Å². The molecule has 3 aliphatic rings. The lowest BCUT2D eigenvalue weighted by Gasteiger charge is -2.52. The van der Waals surface area contributed by atoms with Gasteiger partial charge in [-0.3, -0.25) is 4.90 Å². The Balaban J connectivity index is 1.24. The molecule has 3 aromatic carbocycles. The number of benzene rings is 3. The lowest BCUT2D eigenvalue weighted by molar-refractivity contribution is -0.946. The van der Waals surface area contributed by atoms with Gasteiger partial charge in [0.05, 0.1) is 36.9 Å². The molecule has 1 atom stereocenters. The predicted octanol–water partition coefficient (Wildman–Crippen LogP) is 7.55. The molecule has 3 aromatic rings. The molecule has 2 bridgehead atoms. The Kier molecular flexibility index (Phi) is 8.56. The van der Waals surface area contributed by atoms with Crippen molar-refractivity contribution in [1.29, 1.82) is 0 Å². The number of carbonyl (C=O) groups is 1. The summed E-state index contributed by atoms with van der Waals surface area (Å²) in [6, 6.07) is 20.0. The minimum absolute atomic E-state index is 0.0940. The van der Waals surface area contributed by atoms with E-state index in [-0.39, 0.29) is 24.2 Å². The molecular formula is C30H32ClF2N2O2S+. The second-order valence-electron chi connectivity index (χ2n) is 10.3. The molecular weight excluding hydrogens is 526 g/mol. The molecule has 0 radical (unpaired) electrons. The molecule has 6 rings (SSSR count).